The number of amides is 1. The molecule has 0 saturated carbocycles. The number of nitrogens with zero attached hydrogens (tertiary/aromatic N) is 2. The second kappa shape index (κ2) is 6.45. The van der Waals surface area contributed by atoms with Crippen molar-refractivity contribution in [1.29, 1.82) is 0 Å². The SMILES string of the molecule is CCOC(=O)c1n[nH]c2c1CN(C(=O)c1ccccc1S)CC2. The molecule has 0 radical (unpaired) electrons. The number of H-pyrrole nitrogens is 1. The Balaban J connectivity index is 1.85. The van der Waals surface area contributed by atoms with Crippen molar-refractivity contribution in [1.82, 2.24) is 15.1 Å². The molecule has 23 heavy (non-hydrogen) atoms. The number of thiol groups is 1. The lowest BCUT2D eigenvalue weighted by molar-refractivity contribution is 0.0513. The van der Waals surface area contributed by atoms with Gasteiger partial charge in [0.1, 0.15) is 0 Å². The molecule has 1 aliphatic heterocycles. The molecule has 0 bridgehead atoms. The number of hydrogen-bond acceptors (Lipinski definition) is 5. The minimum absolute atomic E-state index is 0.0998. The van der Waals surface area contributed by atoms with Crippen molar-refractivity contribution in [3.05, 3.63) is 46.8 Å². The average Bonchev–Trinajstić information content (AvgIpc) is 2.98. The first-order valence-corrected chi connectivity index (χ1v) is 7.87. The van der Waals surface area contributed by atoms with Gasteiger partial charge in [-0.05, 0) is 19.1 Å². The Bertz CT molecular complexity index is 757. The summed E-state index contributed by atoms with van der Waals surface area (Å²) in [6.45, 7) is 2.94. The highest BCUT2D eigenvalue weighted by Gasteiger charge is 2.29. The van der Waals surface area contributed by atoms with Crippen molar-refractivity contribution in [3.63, 3.8) is 0 Å². The second-order valence-electron chi connectivity index (χ2n) is 5.24. The van der Waals surface area contributed by atoms with E-state index < -0.39 is 5.97 Å². The topological polar surface area (TPSA) is 75.3 Å². The third kappa shape index (κ3) is 2.96. The Morgan fingerprint density at radius 2 is 2.17 bits per heavy atom. The van der Waals surface area contributed by atoms with Gasteiger partial charge in [-0.1, -0.05) is 12.1 Å². The van der Waals surface area contributed by atoms with E-state index in [1.54, 1.807) is 24.0 Å². The second-order valence-corrected chi connectivity index (χ2v) is 5.73. The van der Waals surface area contributed by atoms with Gasteiger partial charge in [-0.25, -0.2) is 4.79 Å². The molecule has 7 heteroatoms. The molecular formula is C16H17N3O3S. The molecule has 6 nitrogen and oxygen atoms in total. The van der Waals surface area contributed by atoms with E-state index in [4.69, 9.17) is 4.74 Å². The fraction of sp³-hybridized carbons (Fsp3) is 0.312. The Morgan fingerprint density at radius 3 is 2.91 bits per heavy atom. The smallest absolute Gasteiger partial charge is 0.359 e. The van der Waals surface area contributed by atoms with Crippen LogP contribution in [0.25, 0.3) is 0 Å². The summed E-state index contributed by atoms with van der Waals surface area (Å²) in [5.41, 5.74) is 2.44. The van der Waals surface area contributed by atoms with Crippen LogP contribution in [0, 0.1) is 0 Å². The number of ether oxygens (including phenoxy) is 1. The number of carbonyl (C=O) groups excluding carboxylic acids is 2. The number of benzene rings is 1. The fourth-order valence-electron chi connectivity index (χ4n) is 2.66. The molecule has 1 aromatic heterocycles. The highest BCUT2D eigenvalue weighted by Crippen LogP contribution is 2.24. The normalized spacial score (nSPS) is 13.6. The maximum absolute atomic E-state index is 12.7. The van der Waals surface area contributed by atoms with Crippen LogP contribution in [0.1, 0.15) is 39.0 Å². The van der Waals surface area contributed by atoms with Crippen molar-refractivity contribution in [2.45, 2.75) is 24.8 Å². The van der Waals surface area contributed by atoms with Gasteiger partial charge in [-0.15, -0.1) is 12.6 Å². The van der Waals surface area contributed by atoms with Gasteiger partial charge in [-0.3, -0.25) is 9.89 Å². The Morgan fingerprint density at radius 1 is 1.39 bits per heavy atom. The van der Waals surface area contributed by atoms with Gasteiger partial charge in [-0.2, -0.15) is 5.10 Å². The first-order valence-electron chi connectivity index (χ1n) is 7.42. The summed E-state index contributed by atoms with van der Waals surface area (Å²) >= 11 is 4.34. The van der Waals surface area contributed by atoms with Crippen LogP contribution < -0.4 is 0 Å². The van der Waals surface area contributed by atoms with E-state index in [1.807, 2.05) is 12.1 Å². The molecule has 0 unspecified atom stereocenters. The van der Waals surface area contributed by atoms with Gasteiger partial charge in [0.25, 0.3) is 5.91 Å². The molecule has 2 heterocycles. The quantitative estimate of drug-likeness (QED) is 0.667. The summed E-state index contributed by atoms with van der Waals surface area (Å²) in [6, 6.07) is 7.18. The van der Waals surface area contributed by atoms with E-state index in [-0.39, 0.29) is 18.2 Å². The van der Waals surface area contributed by atoms with E-state index in [9.17, 15) is 9.59 Å². The van der Waals surface area contributed by atoms with Crippen LogP contribution in [0.3, 0.4) is 0 Å². The van der Waals surface area contributed by atoms with Crippen LogP contribution >= 0.6 is 12.6 Å². The van der Waals surface area contributed by atoms with E-state index in [0.29, 0.717) is 30.0 Å². The Labute approximate surface area is 139 Å². The van der Waals surface area contributed by atoms with E-state index in [0.717, 1.165) is 11.3 Å². The molecular weight excluding hydrogens is 314 g/mol. The van der Waals surface area contributed by atoms with Crippen LogP contribution in [-0.2, 0) is 17.7 Å². The molecule has 1 amide bonds. The van der Waals surface area contributed by atoms with Crippen molar-refractivity contribution in [2.24, 2.45) is 0 Å². The minimum Gasteiger partial charge on any atom is -0.461 e. The van der Waals surface area contributed by atoms with Crippen LogP contribution in [0.2, 0.25) is 0 Å². The fourth-order valence-corrected chi connectivity index (χ4v) is 2.92. The Hall–Kier alpha value is -2.28. The first-order chi connectivity index (χ1) is 11.1. The zero-order valence-electron chi connectivity index (χ0n) is 12.7. The average molecular weight is 331 g/mol. The summed E-state index contributed by atoms with van der Waals surface area (Å²) in [5, 5.41) is 6.92. The molecule has 0 atom stereocenters. The molecule has 1 aromatic carbocycles. The largest absolute Gasteiger partial charge is 0.461 e. The van der Waals surface area contributed by atoms with E-state index in [1.165, 1.54) is 0 Å². The zero-order valence-corrected chi connectivity index (χ0v) is 13.6. The van der Waals surface area contributed by atoms with Crippen molar-refractivity contribution in [2.75, 3.05) is 13.2 Å². The number of hydrogen-bond donors (Lipinski definition) is 2. The highest BCUT2D eigenvalue weighted by atomic mass is 32.1. The predicted octanol–water partition coefficient (Wildman–Crippen LogP) is 2.07. The lowest BCUT2D eigenvalue weighted by atomic mass is 10.0. The Kier molecular flexibility index (Phi) is 4.38. The minimum atomic E-state index is -0.464. The molecule has 3 rings (SSSR count). The molecule has 0 spiro atoms. The van der Waals surface area contributed by atoms with Crippen LogP contribution in [0.15, 0.2) is 29.2 Å². The number of esters is 1. The van der Waals surface area contributed by atoms with Crippen LogP contribution in [0.4, 0.5) is 0 Å². The first kappa shape index (κ1) is 15.6. The van der Waals surface area contributed by atoms with E-state index in [2.05, 4.69) is 22.8 Å². The summed E-state index contributed by atoms with van der Waals surface area (Å²) in [5.74, 6) is -0.564. The molecule has 1 aliphatic rings. The zero-order chi connectivity index (χ0) is 16.4. The number of fused-ring (bicyclic) bond motifs is 1. The van der Waals surface area contributed by atoms with Crippen molar-refractivity contribution in [3.8, 4) is 0 Å². The van der Waals surface area contributed by atoms with Gasteiger partial charge < -0.3 is 9.64 Å². The molecule has 0 fully saturated rings. The summed E-state index contributed by atoms with van der Waals surface area (Å²) in [4.78, 5) is 27.0. The molecule has 0 aliphatic carbocycles. The lowest BCUT2D eigenvalue weighted by Crippen LogP contribution is -2.36. The predicted molar refractivity (Wildman–Crippen MR) is 86.7 cm³/mol. The summed E-state index contributed by atoms with van der Waals surface area (Å²) in [7, 11) is 0. The van der Waals surface area contributed by atoms with Gasteiger partial charge in [0, 0.05) is 29.1 Å². The van der Waals surface area contributed by atoms with E-state index >= 15 is 0 Å². The molecule has 2 aromatic rings. The summed E-state index contributed by atoms with van der Waals surface area (Å²) < 4.78 is 5.01. The number of aromatic amines is 1. The van der Waals surface area contributed by atoms with Gasteiger partial charge in [0.05, 0.1) is 18.7 Å². The van der Waals surface area contributed by atoms with Gasteiger partial charge >= 0.3 is 5.97 Å². The number of rotatable bonds is 3. The van der Waals surface area contributed by atoms with Crippen molar-refractivity contribution < 1.29 is 14.3 Å². The summed E-state index contributed by atoms with van der Waals surface area (Å²) in [6.07, 6.45) is 0.627. The van der Waals surface area contributed by atoms with Crippen molar-refractivity contribution >= 4 is 24.5 Å². The molecule has 1 N–H and O–H groups in total. The molecule has 0 saturated heterocycles. The van der Waals surface area contributed by atoms with Crippen LogP contribution in [-0.4, -0.2) is 40.1 Å². The highest BCUT2D eigenvalue weighted by molar-refractivity contribution is 7.80. The monoisotopic (exact) mass is 331 g/mol. The number of carbonyl (C=O) groups is 2. The number of aromatic nitrogens is 2. The lowest BCUT2D eigenvalue weighted by Gasteiger charge is -2.27. The van der Waals surface area contributed by atoms with Gasteiger partial charge in [0.15, 0.2) is 5.69 Å². The third-order valence-electron chi connectivity index (χ3n) is 3.82. The number of nitrogens with one attached hydrogen (secondary N) is 1. The third-order valence-corrected chi connectivity index (χ3v) is 4.21. The maximum atomic E-state index is 12.7. The maximum Gasteiger partial charge on any atom is 0.359 e. The standard InChI is InChI=1S/C16H17N3O3S/c1-2-22-16(21)14-11-9-19(8-7-12(11)17-18-14)15(20)10-5-3-4-6-13(10)23/h3-6,23H,2,7-9H2,1H3,(H,17,18). The van der Waals surface area contributed by atoms with Crippen LogP contribution in [0.5, 0.6) is 0 Å². The molecule has 120 valence electrons. The van der Waals surface area contributed by atoms with Gasteiger partial charge in [0.2, 0.25) is 0 Å².